The normalized spacial score (nSPS) is 10.8. The van der Waals surface area contributed by atoms with E-state index in [1.165, 1.54) is 37.5 Å². The summed E-state index contributed by atoms with van der Waals surface area (Å²) in [4.78, 5) is 11.7. The van der Waals surface area contributed by atoms with Crippen LogP contribution < -0.4 is 14.8 Å². The minimum absolute atomic E-state index is 0.0674. The van der Waals surface area contributed by atoms with Crippen molar-refractivity contribution >= 4 is 12.0 Å². The summed E-state index contributed by atoms with van der Waals surface area (Å²) in [6.07, 6.45) is 2.79. The molecular formula is C15H14F2N2O3. The van der Waals surface area contributed by atoms with E-state index in [4.69, 9.17) is 10.00 Å². The Morgan fingerprint density at radius 1 is 1.50 bits per heavy atom. The Bertz CT molecular complexity index is 622. The third kappa shape index (κ3) is 4.90. The van der Waals surface area contributed by atoms with Crippen LogP contribution in [0.5, 0.6) is 11.5 Å². The average Bonchev–Trinajstić information content (AvgIpc) is 2.50. The van der Waals surface area contributed by atoms with Crippen molar-refractivity contribution in [3.63, 3.8) is 0 Å². The third-order valence-corrected chi connectivity index (χ3v) is 2.49. The zero-order valence-electron chi connectivity index (χ0n) is 11.8. The van der Waals surface area contributed by atoms with Gasteiger partial charge in [0.15, 0.2) is 11.5 Å². The first-order valence-corrected chi connectivity index (χ1v) is 6.15. The largest absolute Gasteiger partial charge is 0.493 e. The second-order valence-corrected chi connectivity index (χ2v) is 3.96. The molecule has 5 nitrogen and oxygen atoms in total. The van der Waals surface area contributed by atoms with E-state index >= 15 is 0 Å². The average molecular weight is 308 g/mol. The number of methoxy groups -OCH3 is 1. The van der Waals surface area contributed by atoms with Crippen molar-refractivity contribution in [1.82, 2.24) is 5.32 Å². The molecule has 1 aromatic carbocycles. The Kier molecular flexibility index (Phi) is 6.57. The van der Waals surface area contributed by atoms with Gasteiger partial charge in [-0.2, -0.15) is 14.0 Å². The molecule has 0 aliphatic heterocycles. The highest BCUT2D eigenvalue weighted by Gasteiger charge is 2.12. The minimum Gasteiger partial charge on any atom is -0.493 e. The van der Waals surface area contributed by atoms with Crippen molar-refractivity contribution in [2.75, 3.05) is 13.7 Å². The predicted octanol–water partition coefficient (Wildman–Crippen LogP) is 2.51. The van der Waals surface area contributed by atoms with Gasteiger partial charge in [-0.15, -0.1) is 6.58 Å². The highest BCUT2D eigenvalue weighted by atomic mass is 19.3. The van der Waals surface area contributed by atoms with Gasteiger partial charge in [-0.25, -0.2) is 0 Å². The molecule has 0 spiro atoms. The van der Waals surface area contributed by atoms with Crippen LogP contribution in [0.3, 0.4) is 0 Å². The van der Waals surface area contributed by atoms with Gasteiger partial charge in [0.05, 0.1) is 7.11 Å². The molecule has 1 amide bonds. The number of nitriles is 1. The van der Waals surface area contributed by atoms with Crippen molar-refractivity contribution in [3.8, 4) is 17.6 Å². The van der Waals surface area contributed by atoms with Crippen LogP contribution in [0, 0.1) is 11.3 Å². The lowest BCUT2D eigenvalue weighted by atomic mass is 10.1. The number of benzene rings is 1. The summed E-state index contributed by atoms with van der Waals surface area (Å²) in [6.45, 7) is 0.696. The molecule has 1 N–H and O–H groups in total. The summed E-state index contributed by atoms with van der Waals surface area (Å²) in [6, 6.07) is 5.85. The van der Waals surface area contributed by atoms with Gasteiger partial charge in [-0.3, -0.25) is 4.79 Å². The van der Waals surface area contributed by atoms with Crippen molar-refractivity contribution in [2.45, 2.75) is 6.61 Å². The van der Waals surface area contributed by atoms with Gasteiger partial charge < -0.3 is 14.8 Å². The molecule has 0 heterocycles. The van der Waals surface area contributed by atoms with Crippen molar-refractivity contribution in [2.24, 2.45) is 0 Å². The van der Waals surface area contributed by atoms with Crippen LogP contribution in [0.15, 0.2) is 36.4 Å². The van der Waals surface area contributed by atoms with Gasteiger partial charge in [0.2, 0.25) is 0 Å². The topological polar surface area (TPSA) is 71.4 Å². The lowest BCUT2D eigenvalue weighted by Gasteiger charge is -2.10. The number of nitrogens with zero attached hydrogens (tertiary/aromatic N) is 1. The maximum Gasteiger partial charge on any atom is 0.387 e. The fraction of sp³-hybridized carbons (Fsp3) is 0.200. The first-order chi connectivity index (χ1) is 10.5. The fourth-order valence-electron chi connectivity index (χ4n) is 1.54. The Morgan fingerprint density at radius 3 is 2.77 bits per heavy atom. The highest BCUT2D eigenvalue weighted by molar-refractivity contribution is 6.01. The molecule has 7 heteroatoms. The molecule has 0 aliphatic rings. The van der Waals surface area contributed by atoms with Crippen LogP contribution >= 0.6 is 0 Å². The SMILES string of the molecule is C=CCNC(=O)/C(C#N)=C/c1ccc(OC(F)F)c(OC)c1. The van der Waals surface area contributed by atoms with Crippen LogP contribution in [0.1, 0.15) is 5.56 Å². The van der Waals surface area contributed by atoms with Gasteiger partial charge in [0, 0.05) is 6.54 Å². The molecule has 22 heavy (non-hydrogen) atoms. The molecule has 0 saturated carbocycles. The lowest BCUT2D eigenvalue weighted by Crippen LogP contribution is -2.24. The standard InChI is InChI=1S/C15H14F2N2O3/c1-3-6-19-14(20)11(9-18)7-10-4-5-12(22-15(16)17)13(8-10)21-2/h3-5,7-8,15H,1,6H2,2H3,(H,19,20)/b11-7+. The van der Waals surface area contributed by atoms with E-state index in [9.17, 15) is 13.6 Å². The Balaban J connectivity index is 3.05. The van der Waals surface area contributed by atoms with Crippen LogP contribution in [-0.4, -0.2) is 26.2 Å². The van der Waals surface area contributed by atoms with Gasteiger partial charge in [-0.05, 0) is 23.8 Å². The minimum atomic E-state index is -2.98. The fourth-order valence-corrected chi connectivity index (χ4v) is 1.54. The first kappa shape index (κ1) is 17.2. The zero-order chi connectivity index (χ0) is 16.5. The van der Waals surface area contributed by atoms with Crippen molar-refractivity contribution in [3.05, 3.63) is 42.0 Å². The molecule has 1 rings (SSSR count). The Morgan fingerprint density at radius 2 is 2.23 bits per heavy atom. The molecule has 116 valence electrons. The lowest BCUT2D eigenvalue weighted by molar-refractivity contribution is -0.116. The molecular weight excluding hydrogens is 294 g/mol. The molecule has 0 atom stereocenters. The van der Waals surface area contributed by atoms with E-state index in [1.54, 1.807) is 6.07 Å². The second-order valence-electron chi connectivity index (χ2n) is 3.96. The number of hydrogen-bond acceptors (Lipinski definition) is 4. The molecule has 1 aromatic rings. The number of rotatable bonds is 7. The summed E-state index contributed by atoms with van der Waals surface area (Å²) in [5.41, 5.74) is 0.301. The van der Waals surface area contributed by atoms with Gasteiger partial charge in [0.1, 0.15) is 11.6 Å². The number of carbonyl (C=O) groups excluding carboxylic acids is 1. The Labute approximate surface area is 126 Å². The van der Waals surface area contributed by atoms with Crippen LogP contribution in [0.4, 0.5) is 8.78 Å². The molecule has 0 fully saturated rings. The molecule has 0 unspecified atom stereocenters. The van der Waals surface area contributed by atoms with E-state index in [1.807, 2.05) is 0 Å². The number of nitrogens with one attached hydrogen (secondary N) is 1. The zero-order valence-corrected chi connectivity index (χ0v) is 11.8. The van der Waals surface area contributed by atoms with Crippen LogP contribution in [0.25, 0.3) is 6.08 Å². The molecule has 0 radical (unpaired) electrons. The van der Waals surface area contributed by atoms with Gasteiger partial charge >= 0.3 is 6.61 Å². The van der Waals surface area contributed by atoms with E-state index in [0.29, 0.717) is 5.56 Å². The number of amides is 1. The second kappa shape index (κ2) is 8.42. The van der Waals surface area contributed by atoms with E-state index < -0.39 is 12.5 Å². The van der Waals surface area contributed by atoms with Crippen LogP contribution in [-0.2, 0) is 4.79 Å². The van der Waals surface area contributed by atoms with Crippen molar-refractivity contribution in [1.29, 1.82) is 5.26 Å². The highest BCUT2D eigenvalue weighted by Crippen LogP contribution is 2.30. The summed E-state index contributed by atoms with van der Waals surface area (Å²) < 4.78 is 33.7. The van der Waals surface area contributed by atoms with Crippen molar-refractivity contribution < 1.29 is 23.0 Å². The summed E-state index contributed by atoms with van der Waals surface area (Å²) in [5, 5.41) is 11.5. The maximum absolute atomic E-state index is 12.2. The quantitative estimate of drug-likeness (QED) is 0.477. The third-order valence-electron chi connectivity index (χ3n) is 2.49. The summed E-state index contributed by atoms with van der Waals surface area (Å²) in [7, 11) is 1.29. The summed E-state index contributed by atoms with van der Waals surface area (Å²) >= 11 is 0. The molecule has 0 aliphatic carbocycles. The number of halogens is 2. The molecule has 0 saturated heterocycles. The number of ether oxygens (including phenoxy) is 2. The van der Waals surface area contributed by atoms with Gasteiger partial charge in [0.25, 0.3) is 5.91 Å². The predicted molar refractivity (Wildman–Crippen MR) is 76.4 cm³/mol. The first-order valence-electron chi connectivity index (χ1n) is 6.15. The molecule has 0 aromatic heterocycles. The summed E-state index contributed by atoms with van der Waals surface area (Å²) in [5.74, 6) is -0.628. The smallest absolute Gasteiger partial charge is 0.387 e. The van der Waals surface area contributed by atoms with E-state index in [0.717, 1.165) is 0 Å². The van der Waals surface area contributed by atoms with E-state index in [-0.39, 0.29) is 23.6 Å². The van der Waals surface area contributed by atoms with Crippen LogP contribution in [0.2, 0.25) is 0 Å². The Hall–Kier alpha value is -2.88. The van der Waals surface area contributed by atoms with Gasteiger partial charge in [-0.1, -0.05) is 12.1 Å². The molecule has 0 bridgehead atoms. The number of carbonyl (C=O) groups is 1. The number of alkyl halides is 2. The number of hydrogen-bond donors (Lipinski definition) is 1. The monoisotopic (exact) mass is 308 g/mol. The van der Waals surface area contributed by atoms with E-state index in [2.05, 4.69) is 16.6 Å². The maximum atomic E-state index is 12.2.